The first kappa shape index (κ1) is 15.5. The molecule has 0 bridgehead atoms. The van der Waals surface area contributed by atoms with Crippen molar-refractivity contribution >= 4 is 38.8 Å². The van der Waals surface area contributed by atoms with Crippen molar-refractivity contribution in [2.24, 2.45) is 0 Å². The van der Waals surface area contributed by atoms with E-state index >= 15 is 0 Å². The van der Waals surface area contributed by atoms with Crippen LogP contribution in [-0.4, -0.2) is 10.9 Å². The number of carbonyl (C=O) groups is 1. The van der Waals surface area contributed by atoms with Gasteiger partial charge in [-0.15, -0.1) is 11.3 Å². The molecule has 0 fully saturated rings. The summed E-state index contributed by atoms with van der Waals surface area (Å²) in [6, 6.07) is 11.6. The first-order valence-corrected chi connectivity index (χ1v) is 8.46. The van der Waals surface area contributed by atoms with Gasteiger partial charge in [-0.3, -0.25) is 4.79 Å². The van der Waals surface area contributed by atoms with Crippen molar-refractivity contribution in [2.75, 3.05) is 11.1 Å². The maximum Gasteiger partial charge on any atom is 0.267 e. The molecule has 4 nitrogen and oxygen atoms in total. The topological polar surface area (TPSA) is 68.0 Å². The van der Waals surface area contributed by atoms with Crippen LogP contribution in [0.4, 0.5) is 11.4 Å². The first-order valence-electron chi connectivity index (χ1n) is 7.64. The molecule has 3 N–H and O–H groups in total. The number of benzene rings is 1. The number of amides is 1. The van der Waals surface area contributed by atoms with Crippen molar-refractivity contribution in [3.63, 3.8) is 0 Å². The van der Waals surface area contributed by atoms with E-state index in [9.17, 15) is 4.79 Å². The minimum Gasteiger partial charge on any atom is -0.397 e. The van der Waals surface area contributed by atoms with E-state index in [-0.39, 0.29) is 5.91 Å². The monoisotopic (exact) mass is 325 g/mol. The summed E-state index contributed by atoms with van der Waals surface area (Å²) in [5, 5.41) is 3.76. The number of fused-ring (bicyclic) bond motifs is 1. The molecule has 2 heterocycles. The number of nitrogen functional groups attached to an aromatic ring is 1. The Kier molecular flexibility index (Phi) is 4.30. The van der Waals surface area contributed by atoms with E-state index in [2.05, 4.69) is 17.2 Å². The number of thiophene rings is 1. The van der Waals surface area contributed by atoms with Gasteiger partial charge in [-0.1, -0.05) is 25.5 Å². The van der Waals surface area contributed by atoms with E-state index in [4.69, 9.17) is 5.73 Å². The third-order valence-corrected chi connectivity index (χ3v) is 4.75. The Balaban J connectivity index is 1.92. The van der Waals surface area contributed by atoms with Gasteiger partial charge in [0, 0.05) is 16.8 Å². The minimum atomic E-state index is -0.187. The number of aryl methyl sites for hydroxylation is 2. The Morgan fingerprint density at radius 1 is 1.30 bits per heavy atom. The lowest BCUT2D eigenvalue weighted by Crippen LogP contribution is -2.11. The minimum absolute atomic E-state index is 0.187. The van der Waals surface area contributed by atoms with Crippen molar-refractivity contribution in [2.45, 2.75) is 26.7 Å². The Bertz CT molecular complexity index is 870. The van der Waals surface area contributed by atoms with Crippen LogP contribution >= 0.6 is 11.3 Å². The standard InChI is InChI=1S/C18H19N3OS/c1-3-5-12-8-9-14-15(19)16(23-18(14)21-12)17(22)20-13-7-4-6-11(2)10-13/h4,6-10H,3,5,19H2,1-2H3,(H,20,22). The van der Waals surface area contributed by atoms with E-state index in [1.54, 1.807) is 0 Å². The van der Waals surface area contributed by atoms with Crippen LogP contribution in [0, 0.1) is 6.92 Å². The lowest BCUT2D eigenvalue weighted by atomic mass is 10.2. The van der Waals surface area contributed by atoms with Crippen LogP contribution in [0.2, 0.25) is 0 Å². The van der Waals surface area contributed by atoms with Gasteiger partial charge in [-0.05, 0) is 43.2 Å². The number of aromatic nitrogens is 1. The Morgan fingerprint density at radius 2 is 2.13 bits per heavy atom. The van der Waals surface area contributed by atoms with Crippen LogP contribution in [0.1, 0.15) is 34.3 Å². The molecule has 0 aliphatic heterocycles. The highest BCUT2D eigenvalue weighted by atomic mass is 32.1. The highest BCUT2D eigenvalue weighted by Crippen LogP contribution is 2.33. The molecule has 1 amide bonds. The number of nitrogens with one attached hydrogen (secondary N) is 1. The van der Waals surface area contributed by atoms with Crippen molar-refractivity contribution < 1.29 is 4.79 Å². The molecule has 3 rings (SSSR count). The summed E-state index contributed by atoms with van der Waals surface area (Å²) < 4.78 is 0. The molecule has 0 unspecified atom stereocenters. The molecule has 0 aliphatic carbocycles. The van der Waals surface area contributed by atoms with E-state index in [0.29, 0.717) is 10.6 Å². The van der Waals surface area contributed by atoms with Crippen molar-refractivity contribution in [1.29, 1.82) is 0 Å². The predicted octanol–water partition coefficient (Wildman–Crippen LogP) is 4.39. The molecule has 0 saturated carbocycles. The number of nitrogens with zero attached hydrogens (tertiary/aromatic N) is 1. The number of hydrogen-bond donors (Lipinski definition) is 2. The number of carbonyl (C=O) groups excluding carboxylic acids is 1. The predicted molar refractivity (Wildman–Crippen MR) is 97.2 cm³/mol. The van der Waals surface area contributed by atoms with E-state index < -0.39 is 0 Å². The van der Waals surface area contributed by atoms with Crippen molar-refractivity contribution in [3.8, 4) is 0 Å². The summed E-state index contributed by atoms with van der Waals surface area (Å²) >= 11 is 1.35. The summed E-state index contributed by atoms with van der Waals surface area (Å²) in [4.78, 5) is 18.5. The number of rotatable bonds is 4. The van der Waals surface area contributed by atoms with Gasteiger partial charge in [0.25, 0.3) is 5.91 Å². The second-order valence-electron chi connectivity index (χ2n) is 5.57. The van der Waals surface area contributed by atoms with E-state index in [0.717, 1.165) is 40.0 Å². The summed E-state index contributed by atoms with van der Waals surface area (Å²) in [6.07, 6.45) is 1.97. The number of hydrogen-bond acceptors (Lipinski definition) is 4. The molecular weight excluding hydrogens is 306 g/mol. The average Bonchev–Trinajstić information content (AvgIpc) is 2.84. The van der Waals surface area contributed by atoms with Gasteiger partial charge in [-0.25, -0.2) is 4.98 Å². The summed E-state index contributed by atoms with van der Waals surface area (Å²) in [5.74, 6) is -0.187. The summed E-state index contributed by atoms with van der Waals surface area (Å²) in [6.45, 7) is 4.11. The Hall–Kier alpha value is -2.40. The van der Waals surface area contributed by atoms with Crippen LogP contribution < -0.4 is 11.1 Å². The second-order valence-corrected chi connectivity index (χ2v) is 6.57. The van der Waals surface area contributed by atoms with Crippen LogP contribution in [-0.2, 0) is 6.42 Å². The molecule has 0 radical (unpaired) electrons. The number of pyridine rings is 1. The van der Waals surface area contributed by atoms with Gasteiger partial charge in [-0.2, -0.15) is 0 Å². The molecule has 3 aromatic rings. The fraction of sp³-hybridized carbons (Fsp3) is 0.222. The van der Waals surface area contributed by atoms with E-state index in [1.807, 2.05) is 43.3 Å². The molecule has 23 heavy (non-hydrogen) atoms. The van der Waals surface area contributed by atoms with Crippen LogP contribution in [0.25, 0.3) is 10.2 Å². The molecule has 0 atom stereocenters. The van der Waals surface area contributed by atoms with Gasteiger partial charge < -0.3 is 11.1 Å². The Morgan fingerprint density at radius 3 is 2.87 bits per heavy atom. The third-order valence-electron chi connectivity index (χ3n) is 3.64. The zero-order valence-electron chi connectivity index (χ0n) is 13.2. The van der Waals surface area contributed by atoms with Gasteiger partial charge in [0.2, 0.25) is 0 Å². The first-order chi connectivity index (χ1) is 11.1. The normalized spacial score (nSPS) is 10.9. The lowest BCUT2D eigenvalue weighted by molar-refractivity contribution is 0.103. The zero-order chi connectivity index (χ0) is 16.4. The molecule has 118 valence electrons. The van der Waals surface area contributed by atoms with Crippen molar-refractivity contribution in [1.82, 2.24) is 4.98 Å². The fourth-order valence-electron chi connectivity index (χ4n) is 2.51. The second kappa shape index (κ2) is 6.38. The van der Waals surface area contributed by atoms with E-state index in [1.165, 1.54) is 11.3 Å². The maximum absolute atomic E-state index is 12.5. The molecule has 1 aromatic carbocycles. The molecule has 0 spiro atoms. The SMILES string of the molecule is CCCc1ccc2c(N)c(C(=O)Nc3cccc(C)c3)sc2n1. The third kappa shape index (κ3) is 3.19. The number of nitrogens with two attached hydrogens (primary N) is 1. The zero-order valence-corrected chi connectivity index (χ0v) is 14.0. The summed E-state index contributed by atoms with van der Waals surface area (Å²) in [7, 11) is 0. The van der Waals surface area contributed by atoms with Crippen LogP contribution in [0.15, 0.2) is 36.4 Å². The maximum atomic E-state index is 12.5. The molecular formula is C18H19N3OS. The van der Waals surface area contributed by atoms with Gasteiger partial charge in [0.1, 0.15) is 9.71 Å². The highest BCUT2D eigenvalue weighted by molar-refractivity contribution is 7.21. The van der Waals surface area contributed by atoms with Crippen molar-refractivity contribution in [3.05, 3.63) is 52.5 Å². The highest BCUT2D eigenvalue weighted by Gasteiger charge is 2.17. The fourth-order valence-corrected chi connectivity index (χ4v) is 3.52. The van der Waals surface area contributed by atoms with Gasteiger partial charge in [0.05, 0.1) is 5.69 Å². The molecule has 0 saturated heterocycles. The average molecular weight is 325 g/mol. The smallest absolute Gasteiger partial charge is 0.267 e. The quantitative estimate of drug-likeness (QED) is 0.747. The van der Waals surface area contributed by atoms with Crippen LogP contribution in [0.3, 0.4) is 0 Å². The molecule has 0 aliphatic rings. The van der Waals surface area contributed by atoms with Gasteiger partial charge >= 0.3 is 0 Å². The number of anilines is 2. The molecule has 2 aromatic heterocycles. The molecule has 5 heteroatoms. The van der Waals surface area contributed by atoms with Gasteiger partial charge in [0.15, 0.2) is 0 Å². The summed E-state index contributed by atoms with van der Waals surface area (Å²) in [5.41, 5.74) is 9.56. The lowest BCUT2D eigenvalue weighted by Gasteiger charge is -2.05. The largest absolute Gasteiger partial charge is 0.397 e. The Labute approximate surface area is 139 Å². The van der Waals surface area contributed by atoms with Crippen LogP contribution in [0.5, 0.6) is 0 Å².